The first kappa shape index (κ1) is 14.0. The second-order valence-electron chi connectivity index (χ2n) is 3.70. The number of hydrogen-bond acceptors (Lipinski definition) is 3. The summed E-state index contributed by atoms with van der Waals surface area (Å²) >= 11 is 0. The van der Waals surface area contributed by atoms with Gasteiger partial charge in [0.1, 0.15) is 11.9 Å². The summed E-state index contributed by atoms with van der Waals surface area (Å²) in [4.78, 5) is 22.5. The maximum atomic E-state index is 12.6. The summed E-state index contributed by atoms with van der Waals surface area (Å²) < 4.78 is 17.1. The van der Waals surface area contributed by atoms with Crippen LogP contribution in [-0.4, -0.2) is 25.2 Å². The van der Waals surface area contributed by atoms with E-state index in [1.807, 2.05) is 0 Å². The normalized spacial score (nSPS) is 11.5. The van der Waals surface area contributed by atoms with Crippen molar-refractivity contribution < 1.29 is 18.7 Å². The molecule has 5 nitrogen and oxygen atoms in total. The van der Waals surface area contributed by atoms with E-state index < -0.39 is 18.0 Å². The summed E-state index contributed by atoms with van der Waals surface area (Å²) in [7, 11) is 1.25. The lowest BCUT2D eigenvalue weighted by Crippen LogP contribution is -2.44. The van der Waals surface area contributed by atoms with Crippen LogP contribution in [-0.2, 0) is 16.1 Å². The molecule has 18 heavy (non-hydrogen) atoms. The minimum atomic E-state index is -0.719. The van der Waals surface area contributed by atoms with E-state index in [1.54, 1.807) is 12.1 Å². The van der Waals surface area contributed by atoms with Crippen LogP contribution >= 0.6 is 0 Å². The highest BCUT2D eigenvalue weighted by Crippen LogP contribution is 2.01. The number of urea groups is 1. The zero-order chi connectivity index (χ0) is 13.5. The Kier molecular flexibility index (Phi) is 5.10. The summed E-state index contributed by atoms with van der Waals surface area (Å²) in [6, 6.07) is 4.55. The fourth-order valence-electron chi connectivity index (χ4n) is 1.27. The van der Waals surface area contributed by atoms with Crippen LogP contribution in [0.3, 0.4) is 0 Å². The van der Waals surface area contributed by atoms with Gasteiger partial charge >= 0.3 is 12.0 Å². The van der Waals surface area contributed by atoms with Crippen molar-refractivity contribution in [2.45, 2.75) is 19.5 Å². The zero-order valence-corrected chi connectivity index (χ0v) is 10.2. The number of ether oxygens (including phenoxy) is 1. The number of rotatable bonds is 4. The first-order chi connectivity index (χ1) is 8.52. The topological polar surface area (TPSA) is 67.4 Å². The summed E-state index contributed by atoms with van der Waals surface area (Å²) in [5.74, 6) is -0.852. The van der Waals surface area contributed by atoms with E-state index in [0.29, 0.717) is 0 Å². The number of nitrogens with one attached hydrogen (secondary N) is 2. The molecule has 1 rings (SSSR count). The number of methoxy groups -OCH3 is 1. The molecule has 2 N–H and O–H groups in total. The number of benzene rings is 1. The number of halogens is 1. The quantitative estimate of drug-likeness (QED) is 0.793. The highest BCUT2D eigenvalue weighted by atomic mass is 19.1. The van der Waals surface area contributed by atoms with Crippen molar-refractivity contribution in [3.05, 3.63) is 35.6 Å². The highest BCUT2D eigenvalue weighted by molar-refractivity contribution is 5.83. The molecule has 1 aromatic carbocycles. The third-order valence-corrected chi connectivity index (χ3v) is 2.27. The molecule has 0 spiro atoms. The molecule has 0 saturated carbocycles. The third-order valence-electron chi connectivity index (χ3n) is 2.27. The van der Waals surface area contributed by atoms with Crippen LogP contribution in [0.1, 0.15) is 12.5 Å². The van der Waals surface area contributed by atoms with Gasteiger partial charge in [-0.15, -0.1) is 0 Å². The van der Waals surface area contributed by atoms with Crippen molar-refractivity contribution in [1.82, 2.24) is 10.6 Å². The first-order valence-electron chi connectivity index (χ1n) is 5.39. The maximum Gasteiger partial charge on any atom is 0.328 e. The Balaban J connectivity index is 2.37. The van der Waals surface area contributed by atoms with Gasteiger partial charge in [-0.3, -0.25) is 0 Å². The summed E-state index contributed by atoms with van der Waals surface area (Å²) in [6.07, 6.45) is 0. The Morgan fingerprint density at radius 3 is 2.50 bits per heavy atom. The van der Waals surface area contributed by atoms with E-state index in [4.69, 9.17) is 0 Å². The second kappa shape index (κ2) is 6.58. The predicted molar refractivity (Wildman–Crippen MR) is 63.2 cm³/mol. The number of amides is 2. The average molecular weight is 254 g/mol. The van der Waals surface area contributed by atoms with Crippen molar-refractivity contribution >= 4 is 12.0 Å². The molecule has 0 aliphatic carbocycles. The SMILES string of the molecule is COC(=O)[C@@H](C)NC(=O)NCc1ccc(F)cc1. The molecule has 1 atom stereocenters. The van der Waals surface area contributed by atoms with Gasteiger partial charge in [-0.05, 0) is 24.6 Å². The Bertz CT molecular complexity index is 420. The molecule has 1 aromatic rings. The molecule has 0 heterocycles. The Morgan fingerprint density at radius 2 is 1.94 bits per heavy atom. The molecule has 2 amide bonds. The van der Waals surface area contributed by atoms with Crippen LogP contribution in [0.2, 0.25) is 0 Å². The lowest BCUT2D eigenvalue weighted by atomic mass is 10.2. The van der Waals surface area contributed by atoms with Gasteiger partial charge in [0.05, 0.1) is 7.11 Å². The number of hydrogen-bond donors (Lipinski definition) is 2. The second-order valence-corrected chi connectivity index (χ2v) is 3.70. The molecule has 0 fully saturated rings. The molecular formula is C12H15FN2O3. The molecular weight excluding hydrogens is 239 g/mol. The smallest absolute Gasteiger partial charge is 0.328 e. The average Bonchev–Trinajstić information content (AvgIpc) is 2.37. The van der Waals surface area contributed by atoms with Crippen LogP contribution < -0.4 is 10.6 Å². The summed E-state index contributed by atoms with van der Waals surface area (Å²) in [5, 5.41) is 4.96. The van der Waals surface area contributed by atoms with Gasteiger partial charge < -0.3 is 15.4 Å². The minimum Gasteiger partial charge on any atom is -0.467 e. The van der Waals surface area contributed by atoms with E-state index in [9.17, 15) is 14.0 Å². The van der Waals surface area contributed by atoms with E-state index in [2.05, 4.69) is 15.4 Å². The van der Waals surface area contributed by atoms with Crippen LogP contribution in [0.15, 0.2) is 24.3 Å². The third kappa shape index (κ3) is 4.40. The fourth-order valence-corrected chi connectivity index (χ4v) is 1.27. The standard InChI is InChI=1S/C12H15FN2O3/c1-8(11(16)18-2)15-12(17)14-7-9-3-5-10(13)6-4-9/h3-6,8H,7H2,1-2H3,(H2,14,15,17)/t8-/m1/s1. The van der Waals surface area contributed by atoms with Gasteiger partial charge in [0.25, 0.3) is 0 Å². The summed E-state index contributed by atoms with van der Waals surface area (Å²) in [6.45, 7) is 1.77. The van der Waals surface area contributed by atoms with Crippen molar-refractivity contribution in [3.8, 4) is 0 Å². The first-order valence-corrected chi connectivity index (χ1v) is 5.39. The monoisotopic (exact) mass is 254 g/mol. The number of esters is 1. The van der Waals surface area contributed by atoms with E-state index in [-0.39, 0.29) is 12.4 Å². The van der Waals surface area contributed by atoms with Gasteiger partial charge in [-0.1, -0.05) is 12.1 Å². The van der Waals surface area contributed by atoms with Crippen LogP contribution in [0.5, 0.6) is 0 Å². The fraction of sp³-hybridized carbons (Fsp3) is 0.333. The molecule has 0 bridgehead atoms. The molecule has 0 unspecified atom stereocenters. The van der Waals surface area contributed by atoms with Gasteiger partial charge in [-0.2, -0.15) is 0 Å². The largest absolute Gasteiger partial charge is 0.467 e. The molecule has 0 aliphatic heterocycles. The van der Waals surface area contributed by atoms with E-state index in [0.717, 1.165) is 5.56 Å². The van der Waals surface area contributed by atoms with E-state index >= 15 is 0 Å². The minimum absolute atomic E-state index is 0.250. The lowest BCUT2D eigenvalue weighted by Gasteiger charge is -2.12. The summed E-state index contributed by atoms with van der Waals surface area (Å²) in [5.41, 5.74) is 0.761. The predicted octanol–water partition coefficient (Wildman–Crippen LogP) is 1.19. The molecule has 0 aliphatic rings. The maximum absolute atomic E-state index is 12.6. The molecule has 0 saturated heterocycles. The van der Waals surface area contributed by atoms with Crippen LogP contribution in [0.25, 0.3) is 0 Å². The lowest BCUT2D eigenvalue weighted by molar-refractivity contribution is -0.142. The van der Waals surface area contributed by atoms with Crippen molar-refractivity contribution in [2.24, 2.45) is 0 Å². The van der Waals surface area contributed by atoms with Crippen LogP contribution in [0.4, 0.5) is 9.18 Å². The van der Waals surface area contributed by atoms with Gasteiger partial charge in [-0.25, -0.2) is 14.0 Å². The number of carbonyl (C=O) groups is 2. The van der Waals surface area contributed by atoms with Crippen molar-refractivity contribution in [1.29, 1.82) is 0 Å². The molecule has 6 heteroatoms. The van der Waals surface area contributed by atoms with Crippen molar-refractivity contribution in [3.63, 3.8) is 0 Å². The van der Waals surface area contributed by atoms with Gasteiger partial charge in [0.2, 0.25) is 0 Å². The van der Waals surface area contributed by atoms with Crippen molar-refractivity contribution in [2.75, 3.05) is 7.11 Å². The Morgan fingerprint density at radius 1 is 1.33 bits per heavy atom. The molecule has 0 aromatic heterocycles. The highest BCUT2D eigenvalue weighted by Gasteiger charge is 2.15. The van der Waals surface area contributed by atoms with Gasteiger partial charge in [0.15, 0.2) is 0 Å². The van der Waals surface area contributed by atoms with E-state index in [1.165, 1.54) is 26.2 Å². The zero-order valence-electron chi connectivity index (χ0n) is 10.2. The Labute approximate surface area is 104 Å². The molecule has 0 radical (unpaired) electrons. The Hall–Kier alpha value is -2.11. The van der Waals surface area contributed by atoms with Gasteiger partial charge in [0, 0.05) is 6.54 Å². The molecule has 98 valence electrons. The number of carbonyl (C=O) groups excluding carboxylic acids is 2. The van der Waals surface area contributed by atoms with Crippen LogP contribution in [0, 0.1) is 5.82 Å².